The van der Waals surface area contributed by atoms with Crippen molar-refractivity contribution in [3.05, 3.63) is 18.2 Å². The second-order valence-corrected chi connectivity index (χ2v) is 3.62. The third-order valence-electron chi connectivity index (χ3n) is 1.48. The summed E-state index contributed by atoms with van der Waals surface area (Å²) in [6.07, 6.45) is 8.62. The Labute approximate surface area is 82.7 Å². The van der Waals surface area contributed by atoms with Crippen molar-refractivity contribution in [1.29, 1.82) is 0 Å². The summed E-state index contributed by atoms with van der Waals surface area (Å²) < 4.78 is 0. The van der Waals surface area contributed by atoms with Crippen LogP contribution in [0.5, 0.6) is 0 Å². The van der Waals surface area contributed by atoms with E-state index < -0.39 is 0 Å². The van der Waals surface area contributed by atoms with Gasteiger partial charge in [0.05, 0.1) is 12.1 Å². The fourth-order valence-electron chi connectivity index (χ4n) is 0.880. The van der Waals surface area contributed by atoms with E-state index in [0.717, 1.165) is 30.3 Å². The van der Waals surface area contributed by atoms with Gasteiger partial charge in [-0.2, -0.15) is 0 Å². The zero-order valence-corrected chi connectivity index (χ0v) is 8.23. The quantitative estimate of drug-likeness (QED) is 0.522. The Kier molecular flexibility index (Phi) is 5.14. The molecule has 0 aliphatic heterocycles. The minimum Gasteiger partial charge on any atom is -0.347 e. The zero-order valence-electron chi connectivity index (χ0n) is 7.42. The first-order chi connectivity index (χ1) is 6.43. The SMILES string of the molecule is C#CCSCCNCc1cnc[nH]1. The Bertz CT molecular complexity index is 250. The van der Waals surface area contributed by atoms with Crippen LogP contribution in [0.2, 0.25) is 0 Å². The Balaban J connectivity index is 1.94. The number of nitrogens with zero attached hydrogens (tertiary/aromatic N) is 1. The van der Waals surface area contributed by atoms with Crippen LogP contribution >= 0.6 is 11.8 Å². The summed E-state index contributed by atoms with van der Waals surface area (Å²) in [6, 6.07) is 0. The van der Waals surface area contributed by atoms with Crippen LogP contribution in [0.15, 0.2) is 12.5 Å². The molecule has 3 nitrogen and oxygen atoms in total. The molecule has 13 heavy (non-hydrogen) atoms. The molecule has 1 aromatic rings. The predicted molar refractivity (Wildman–Crippen MR) is 56.5 cm³/mol. The molecule has 0 saturated heterocycles. The van der Waals surface area contributed by atoms with Crippen LogP contribution < -0.4 is 5.32 Å². The van der Waals surface area contributed by atoms with E-state index in [9.17, 15) is 0 Å². The van der Waals surface area contributed by atoms with E-state index in [0.29, 0.717) is 0 Å². The van der Waals surface area contributed by atoms with E-state index in [4.69, 9.17) is 6.42 Å². The smallest absolute Gasteiger partial charge is 0.0922 e. The van der Waals surface area contributed by atoms with E-state index in [1.54, 1.807) is 18.1 Å². The van der Waals surface area contributed by atoms with E-state index in [1.807, 2.05) is 6.20 Å². The average Bonchev–Trinajstić information content (AvgIpc) is 2.63. The molecule has 1 rings (SSSR count). The number of thioether (sulfide) groups is 1. The highest BCUT2D eigenvalue weighted by molar-refractivity contribution is 7.99. The number of hydrogen-bond donors (Lipinski definition) is 2. The van der Waals surface area contributed by atoms with Gasteiger partial charge in [0.15, 0.2) is 0 Å². The summed E-state index contributed by atoms with van der Waals surface area (Å²) in [5, 5.41) is 3.29. The molecule has 0 atom stereocenters. The number of hydrogen-bond acceptors (Lipinski definition) is 3. The molecule has 1 heterocycles. The highest BCUT2D eigenvalue weighted by Gasteiger charge is 1.91. The van der Waals surface area contributed by atoms with Gasteiger partial charge in [0.25, 0.3) is 0 Å². The number of rotatable bonds is 6. The molecule has 4 heteroatoms. The molecule has 0 aliphatic carbocycles. The topological polar surface area (TPSA) is 40.7 Å². The molecule has 0 saturated carbocycles. The molecule has 0 unspecified atom stereocenters. The van der Waals surface area contributed by atoms with Crippen LogP contribution in [0.1, 0.15) is 5.69 Å². The summed E-state index contributed by atoms with van der Waals surface area (Å²) in [7, 11) is 0. The van der Waals surface area contributed by atoms with Crippen molar-refractivity contribution in [3.63, 3.8) is 0 Å². The predicted octanol–water partition coefficient (Wildman–Crippen LogP) is 0.866. The van der Waals surface area contributed by atoms with Crippen molar-refractivity contribution in [3.8, 4) is 12.3 Å². The lowest BCUT2D eigenvalue weighted by Gasteiger charge is -2.00. The summed E-state index contributed by atoms with van der Waals surface area (Å²) >= 11 is 1.77. The second kappa shape index (κ2) is 6.58. The van der Waals surface area contributed by atoms with Gasteiger partial charge in [0, 0.05) is 30.7 Å². The van der Waals surface area contributed by atoms with Crippen LogP contribution in [0.3, 0.4) is 0 Å². The van der Waals surface area contributed by atoms with Gasteiger partial charge in [-0.3, -0.25) is 0 Å². The number of terminal acetylenes is 1. The Morgan fingerprint density at radius 3 is 3.31 bits per heavy atom. The van der Waals surface area contributed by atoms with Crippen molar-refractivity contribution in [2.24, 2.45) is 0 Å². The number of imidazole rings is 1. The van der Waals surface area contributed by atoms with Gasteiger partial charge in [0.2, 0.25) is 0 Å². The standard InChI is InChI=1S/C9H13N3S/c1-2-4-13-5-3-10-6-9-7-11-8-12-9/h1,7-8,10H,3-6H2,(H,11,12). The Hall–Kier alpha value is -0.920. The Morgan fingerprint density at radius 2 is 2.62 bits per heavy atom. The molecule has 0 amide bonds. The van der Waals surface area contributed by atoms with Crippen LogP contribution in [0.4, 0.5) is 0 Å². The van der Waals surface area contributed by atoms with Crippen LogP contribution in [-0.2, 0) is 6.54 Å². The molecule has 0 aliphatic rings. The zero-order chi connectivity index (χ0) is 9.36. The van der Waals surface area contributed by atoms with Crippen LogP contribution in [0, 0.1) is 12.3 Å². The lowest BCUT2D eigenvalue weighted by atomic mass is 10.5. The first kappa shape index (κ1) is 10.2. The average molecular weight is 195 g/mol. The van der Waals surface area contributed by atoms with Gasteiger partial charge in [-0.25, -0.2) is 4.98 Å². The first-order valence-corrected chi connectivity index (χ1v) is 5.28. The fraction of sp³-hybridized carbons (Fsp3) is 0.444. The monoisotopic (exact) mass is 195 g/mol. The fourth-order valence-corrected chi connectivity index (χ4v) is 1.43. The molecule has 0 radical (unpaired) electrons. The maximum Gasteiger partial charge on any atom is 0.0922 e. The highest BCUT2D eigenvalue weighted by atomic mass is 32.2. The summed E-state index contributed by atoms with van der Waals surface area (Å²) in [4.78, 5) is 6.95. The van der Waals surface area contributed by atoms with Gasteiger partial charge >= 0.3 is 0 Å². The number of nitrogens with one attached hydrogen (secondary N) is 2. The van der Waals surface area contributed by atoms with E-state index in [2.05, 4.69) is 21.2 Å². The van der Waals surface area contributed by atoms with Crippen molar-refractivity contribution >= 4 is 11.8 Å². The summed E-state index contributed by atoms with van der Waals surface area (Å²) in [6.45, 7) is 1.82. The number of aromatic nitrogens is 2. The minimum atomic E-state index is 0.797. The molecule has 0 spiro atoms. The minimum absolute atomic E-state index is 0.797. The largest absolute Gasteiger partial charge is 0.347 e. The summed E-state index contributed by atoms with van der Waals surface area (Å²) in [5.74, 6) is 4.44. The van der Waals surface area contributed by atoms with Crippen molar-refractivity contribution < 1.29 is 0 Å². The van der Waals surface area contributed by atoms with Crippen molar-refractivity contribution in [2.45, 2.75) is 6.54 Å². The number of H-pyrrole nitrogens is 1. The van der Waals surface area contributed by atoms with Gasteiger partial charge in [0.1, 0.15) is 0 Å². The molecule has 2 N–H and O–H groups in total. The number of aromatic amines is 1. The third-order valence-corrected chi connectivity index (χ3v) is 2.34. The lowest BCUT2D eigenvalue weighted by molar-refractivity contribution is 0.719. The van der Waals surface area contributed by atoms with Gasteiger partial charge < -0.3 is 10.3 Å². The maximum atomic E-state index is 5.12. The molecule has 0 aromatic carbocycles. The molecular weight excluding hydrogens is 182 g/mol. The second-order valence-electron chi connectivity index (χ2n) is 2.51. The molecule has 70 valence electrons. The first-order valence-electron chi connectivity index (χ1n) is 4.12. The van der Waals surface area contributed by atoms with E-state index in [1.165, 1.54) is 0 Å². The van der Waals surface area contributed by atoms with Crippen molar-refractivity contribution in [2.75, 3.05) is 18.1 Å². The van der Waals surface area contributed by atoms with Gasteiger partial charge in [-0.1, -0.05) is 5.92 Å². The van der Waals surface area contributed by atoms with Crippen LogP contribution in [0.25, 0.3) is 0 Å². The van der Waals surface area contributed by atoms with Crippen LogP contribution in [-0.4, -0.2) is 28.0 Å². The van der Waals surface area contributed by atoms with Crippen molar-refractivity contribution in [1.82, 2.24) is 15.3 Å². The molecule has 0 fully saturated rings. The van der Waals surface area contributed by atoms with E-state index in [-0.39, 0.29) is 0 Å². The Morgan fingerprint density at radius 1 is 1.69 bits per heavy atom. The molecule has 0 bridgehead atoms. The molecule has 1 aromatic heterocycles. The molecular formula is C9H13N3S. The van der Waals surface area contributed by atoms with Gasteiger partial charge in [-0.15, -0.1) is 18.2 Å². The highest BCUT2D eigenvalue weighted by Crippen LogP contribution is 1.96. The van der Waals surface area contributed by atoms with E-state index >= 15 is 0 Å². The van der Waals surface area contributed by atoms with Gasteiger partial charge in [-0.05, 0) is 0 Å². The summed E-state index contributed by atoms with van der Waals surface area (Å²) in [5.41, 5.74) is 1.11. The normalized spacial score (nSPS) is 9.77. The third kappa shape index (κ3) is 4.61. The lowest BCUT2D eigenvalue weighted by Crippen LogP contribution is -2.16. The maximum absolute atomic E-state index is 5.12.